The van der Waals surface area contributed by atoms with E-state index in [9.17, 15) is 0 Å². The van der Waals surface area contributed by atoms with Gasteiger partial charge in [0, 0.05) is 40.3 Å². The highest BCUT2D eigenvalue weighted by molar-refractivity contribution is 14.0. The van der Waals surface area contributed by atoms with Crippen molar-refractivity contribution in [2.45, 2.75) is 13.0 Å². The number of hydrogen-bond acceptors (Lipinski definition) is 4. The van der Waals surface area contributed by atoms with Gasteiger partial charge in [0.25, 0.3) is 0 Å². The first-order valence-electron chi connectivity index (χ1n) is 7.56. The largest absolute Gasteiger partial charge is 0.493 e. The van der Waals surface area contributed by atoms with E-state index >= 15 is 0 Å². The number of fused-ring (bicyclic) bond motifs is 1. The summed E-state index contributed by atoms with van der Waals surface area (Å²) < 4.78 is 10.8. The predicted octanol–water partition coefficient (Wildman–Crippen LogP) is 1.47. The number of nitrogens with zero attached hydrogens (tertiary/aromatic N) is 2. The van der Waals surface area contributed by atoms with Crippen LogP contribution < -0.4 is 20.1 Å². The second-order valence-corrected chi connectivity index (χ2v) is 5.25. The molecule has 0 radical (unpaired) electrons. The van der Waals surface area contributed by atoms with Crippen LogP contribution >= 0.6 is 24.0 Å². The van der Waals surface area contributed by atoms with Crippen molar-refractivity contribution >= 4 is 29.9 Å². The zero-order valence-corrected chi connectivity index (χ0v) is 16.6. The molecule has 23 heavy (non-hydrogen) atoms. The van der Waals surface area contributed by atoms with Crippen LogP contribution in [0.2, 0.25) is 0 Å². The smallest absolute Gasteiger partial charge is 0.190 e. The summed E-state index contributed by atoms with van der Waals surface area (Å²) in [4.78, 5) is 6.55. The normalized spacial score (nSPS) is 14.5. The molecule has 0 atom stereocenters. The van der Waals surface area contributed by atoms with Gasteiger partial charge in [-0.05, 0) is 29.7 Å². The molecule has 0 aromatic heterocycles. The van der Waals surface area contributed by atoms with E-state index in [0.29, 0.717) is 0 Å². The Labute approximate surface area is 155 Å². The van der Waals surface area contributed by atoms with E-state index in [-0.39, 0.29) is 24.0 Å². The van der Waals surface area contributed by atoms with Gasteiger partial charge in [-0.1, -0.05) is 0 Å². The number of rotatable bonds is 5. The Kier molecular flexibility index (Phi) is 8.46. The van der Waals surface area contributed by atoms with Crippen LogP contribution in [0.4, 0.5) is 0 Å². The number of halogens is 1. The monoisotopic (exact) mass is 434 g/mol. The van der Waals surface area contributed by atoms with E-state index in [1.54, 1.807) is 21.3 Å². The standard InChI is InChI=1S/C16H26N4O2.HI/c1-17-16(18-2)19-6-8-20-7-5-12-9-14(21-3)15(22-4)10-13(12)11-20;/h9-10H,5-8,11H2,1-4H3,(H2,17,18,19);1H. The number of benzene rings is 1. The molecule has 1 aliphatic heterocycles. The molecule has 0 spiro atoms. The molecule has 0 saturated carbocycles. The molecule has 130 valence electrons. The molecule has 6 nitrogen and oxygen atoms in total. The zero-order valence-electron chi connectivity index (χ0n) is 14.3. The quantitative estimate of drug-likeness (QED) is 0.418. The van der Waals surface area contributed by atoms with E-state index in [1.807, 2.05) is 7.05 Å². The maximum atomic E-state index is 5.40. The molecule has 2 rings (SSSR count). The number of hydrogen-bond donors (Lipinski definition) is 2. The summed E-state index contributed by atoms with van der Waals surface area (Å²) in [6, 6.07) is 4.20. The molecule has 0 fully saturated rings. The first-order valence-corrected chi connectivity index (χ1v) is 7.56. The van der Waals surface area contributed by atoms with Crippen LogP contribution in [0.25, 0.3) is 0 Å². The molecule has 1 aromatic carbocycles. The van der Waals surface area contributed by atoms with Gasteiger partial charge in [-0.3, -0.25) is 9.89 Å². The number of guanidine groups is 1. The minimum Gasteiger partial charge on any atom is -0.493 e. The van der Waals surface area contributed by atoms with Gasteiger partial charge in [-0.15, -0.1) is 24.0 Å². The lowest BCUT2D eigenvalue weighted by Gasteiger charge is -2.29. The van der Waals surface area contributed by atoms with Crippen molar-refractivity contribution in [3.05, 3.63) is 23.3 Å². The van der Waals surface area contributed by atoms with Gasteiger partial charge < -0.3 is 20.1 Å². The maximum absolute atomic E-state index is 5.40. The van der Waals surface area contributed by atoms with Crippen LogP contribution in [0.15, 0.2) is 17.1 Å². The van der Waals surface area contributed by atoms with E-state index in [2.05, 4.69) is 32.7 Å². The summed E-state index contributed by atoms with van der Waals surface area (Å²) in [5, 5.41) is 6.31. The van der Waals surface area contributed by atoms with Gasteiger partial charge in [-0.2, -0.15) is 0 Å². The van der Waals surface area contributed by atoms with Crippen LogP contribution in [0, 0.1) is 0 Å². The first-order chi connectivity index (χ1) is 10.7. The van der Waals surface area contributed by atoms with Gasteiger partial charge in [0.2, 0.25) is 0 Å². The molecule has 1 aliphatic rings. The molecule has 1 heterocycles. The Morgan fingerprint density at radius 3 is 2.43 bits per heavy atom. The summed E-state index contributed by atoms with van der Waals surface area (Å²) >= 11 is 0. The molecule has 0 saturated heterocycles. The van der Waals surface area contributed by atoms with Crippen LogP contribution in [0.1, 0.15) is 11.1 Å². The molecule has 2 N–H and O–H groups in total. The summed E-state index contributed by atoms with van der Waals surface area (Å²) in [5.74, 6) is 2.44. The van der Waals surface area contributed by atoms with Gasteiger partial charge in [-0.25, -0.2) is 0 Å². The molecule has 0 aliphatic carbocycles. The van der Waals surface area contributed by atoms with Crippen LogP contribution in [-0.4, -0.2) is 58.8 Å². The van der Waals surface area contributed by atoms with Crippen molar-refractivity contribution in [1.82, 2.24) is 15.5 Å². The van der Waals surface area contributed by atoms with Crippen molar-refractivity contribution in [1.29, 1.82) is 0 Å². The Balaban J connectivity index is 0.00000264. The van der Waals surface area contributed by atoms with E-state index in [4.69, 9.17) is 9.47 Å². The van der Waals surface area contributed by atoms with Crippen molar-refractivity contribution in [2.24, 2.45) is 4.99 Å². The van der Waals surface area contributed by atoms with Gasteiger partial charge in [0.15, 0.2) is 17.5 Å². The summed E-state index contributed by atoms with van der Waals surface area (Å²) in [6.45, 7) is 3.85. The summed E-state index contributed by atoms with van der Waals surface area (Å²) in [5.41, 5.74) is 2.68. The third-order valence-corrected chi connectivity index (χ3v) is 3.98. The lowest BCUT2D eigenvalue weighted by molar-refractivity contribution is 0.256. The first kappa shape index (κ1) is 19.8. The highest BCUT2D eigenvalue weighted by Gasteiger charge is 2.19. The fraction of sp³-hybridized carbons (Fsp3) is 0.562. The summed E-state index contributed by atoms with van der Waals surface area (Å²) in [6.07, 6.45) is 1.04. The maximum Gasteiger partial charge on any atom is 0.190 e. The molecular formula is C16H27IN4O2. The fourth-order valence-corrected chi connectivity index (χ4v) is 2.74. The number of nitrogens with one attached hydrogen (secondary N) is 2. The molecule has 1 aromatic rings. The average Bonchev–Trinajstić information content (AvgIpc) is 2.57. The number of ether oxygens (including phenoxy) is 2. The predicted molar refractivity (Wildman–Crippen MR) is 104 cm³/mol. The van der Waals surface area contributed by atoms with E-state index in [0.717, 1.165) is 50.1 Å². The Morgan fingerprint density at radius 1 is 1.22 bits per heavy atom. The third-order valence-electron chi connectivity index (χ3n) is 3.98. The highest BCUT2D eigenvalue weighted by Crippen LogP contribution is 2.33. The Bertz CT molecular complexity index is 537. The zero-order chi connectivity index (χ0) is 15.9. The molecular weight excluding hydrogens is 407 g/mol. The highest BCUT2D eigenvalue weighted by atomic mass is 127. The molecule has 7 heteroatoms. The van der Waals surface area contributed by atoms with Gasteiger partial charge in [0.05, 0.1) is 14.2 Å². The van der Waals surface area contributed by atoms with Crippen molar-refractivity contribution in [2.75, 3.05) is 47.9 Å². The number of methoxy groups -OCH3 is 2. The molecule has 0 bridgehead atoms. The Hall–Kier alpha value is -1.22. The minimum absolute atomic E-state index is 0. The van der Waals surface area contributed by atoms with Crippen LogP contribution in [0.3, 0.4) is 0 Å². The lowest BCUT2D eigenvalue weighted by Crippen LogP contribution is -2.41. The Morgan fingerprint density at radius 2 is 1.87 bits per heavy atom. The molecule has 0 unspecified atom stereocenters. The average molecular weight is 434 g/mol. The second-order valence-electron chi connectivity index (χ2n) is 5.25. The van der Waals surface area contributed by atoms with Gasteiger partial charge >= 0.3 is 0 Å². The number of aliphatic imine (C=N–C) groups is 1. The van der Waals surface area contributed by atoms with E-state index in [1.165, 1.54) is 11.1 Å². The van der Waals surface area contributed by atoms with Crippen LogP contribution in [-0.2, 0) is 13.0 Å². The summed E-state index contributed by atoms with van der Waals surface area (Å²) in [7, 11) is 7.00. The SMILES string of the molecule is CN=C(NC)NCCN1CCc2cc(OC)c(OC)cc2C1.I. The van der Waals surface area contributed by atoms with Gasteiger partial charge in [0.1, 0.15) is 0 Å². The minimum atomic E-state index is 0. The third kappa shape index (κ3) is 5.13. The second kappa shape index (κ2) is 9.82. The fourth-order valence-electron chi connectivity index (χ4n) is 2.74. The van der Waals surface area contributed by atoms with Crippen molar-refractivity contribution < 1.29 is 9.47 Å². The topological polar surface area (TPSA) is 58.1 Å². The molecule has 0 amide bonds. The van der Waals surface area contributed by atoms with Crippen molar-refractivity contribution in [3.8, 4) is 11.5 Å². The van der Waals surface area contributed by atoms with E-state index < -0.39 is 0 Å². The lowest BCUT2D eigenvalue weighted by atomic mass is 9.99. The van der Waals surface area contributed by atoms with Crippen molar-refractivity contribution in [3.63, 3.8) is 0 Å². The van der Waals surface area contributed by atoms with Crippen LogP contribution in [0.5, 0.6) is 11.5 Å².